The molecule has 0 atom stereocenters. The molecule has 0 radical (unpaired) electrons. The Kier molecular flexibility index (Phi) is 7.81. The number of benzene rings is 2. The Morgan fingerprint density at radius 2 is 1.77 bits per heavy atom. The third-order valence-electron chi connectivity index (χ3n) is 4.17. The second-order valence-corrected chi connectivity index (χ2v) is 7.27. The zero-order chi connectivity index (χ0) is 21.3. The lowest BCUT2D eigenvalue weighted by Crippen LogP contribution is -2.07. The molecule has 3 rings (SSSR count). The summed E-state index contributed by atoms with van der Waals surface area (Å²) >= 11 is 1.53. The van der Waals surface area contributed by atoms with Gasteiger partial charge >= 0.3 is 0 Å². The minimum absolute atomic E-state index is 0.0414. The molecule has 0 saturated heterocycles. The van der Waals surface area contributed by atoms with Gasteiger partial charge in [-0.3, -0.25) is 0 Å². The summed E-state index contributed by atoms with van der Waals surface area (Å²) in [5.74, 6) is 3.67. The van der Waals surface area contributed by atoms with Crippen LogP contribution < -0.4 is 24.2 Å². The number of rotatable bonds is 11. The van der Waals surface area contributed by atoms with E-state index in [2.05, 4.69) is 17.0 Å². The number of ether oxygens (including phenoxy) is 3. The van der Waals surface area contributed by atoms with Crippen LogP contribution >= 0.6 is 11.9 Å². The molecule has 9 heteroatoms. The van der Waals surface area contributed by atoms with Crippen molar-refractivity contribution < 1.29 is 19.3 Å². The Morgan fingerprint density at radius 1 is 1.03 bits per heavy atom. The van der Waals surface area contributed by atoms with E-state index >= 15 is 0 Å². The van der Waals surface area contributed by atoms with Gasteiger partial charge in [0.25, 0.3) is 0 Å². The van der Waals surface area contributed by atoms with E-state index in [4.69, 9.17) is 29.3 Å². The number of nitrogens with zero attached hydrogens (tertiary/aromatic N) is 2. The van der Waals surface area contributed by atoms with Gasteiger partial charge in [0.2, 0.25) is 0 Å². The van der Waals surface area contributed by atoms with Gasteiger partial charge in [-0.05, 0) is 12.1 Å². The zero-order valence-corrected chi connectivity index (χ0v) is 18.1. The van der Waals surface area contributed by atoms with Crippen LogP contribution in [0.15, 0.2) is 36.4 Å². The van der Waals surface area contributed by atoms with Gasteiger partial charge in [-0.25, -0.2) is 9.97 Å². The highest BCUT2D eigenvalue weighted by Crippen LogP contribution is 2.41. The molecule has 0 fully saturated rings. The average molecular weight is 431 g/mol. The molecule has 1 heterocycles. The maximum absolute atomic E-state index is 9.10. The highest BCUT2D eigenvalue weighted by molar-refractivity contribution is 8.00. The van der Waals surface area contributed by atoms with Crippen molar-refractivity contribution in [3.63, 3.8) is 0 Å². The number of anilines is 3. The molecule has 30 heavy (non-hydrogen) atoms. The topological polar surface area (TPSA) is 97.8 Å². The van der Waals surface area contributed by atoms with E-state index in [1.807, 2.05) is 30.3 Å². The minimum Gasteiger partial charge on any atom is -0.497 e. The van der Waals surface area contributed by atoms with Gasteiger partial charge in [0.05, 0.1) is 37.5 Å². The standard InChI is InChI=1S/C21H26N4O4S/c1-4-30-25-21-20(22-15-8-5-6-9-16(15)23-21)24-17-12-14(27-2)13-18(28-3)19(17)29-11-7-10-26/h5-6,8-9,12-13,26H,4,7,10-11H2,1-3H3,(H,22,24)(H,23,25). The maximum Gasteiger partial charge on any atom is 0.184 e. The van der Waals surface area contributed by atoms with Crippen LogP contribution in [-0.4, -0.2) is 48.3 Å². The molecule has 0 aliphatic rings. The molecule has 0 aliphatic carbocycles. The van der Waals surface area contributed by atoms with Crippen molar-refractivity contribution in [3.05, 3.63) is 36.4 Å². The highest BCUT2D eigenvalue weighted by Gasteiger charge is 2.17. The lowest BCUT2D eigenvalue weighted by atomic mass is 10.2. The van der Waals surface area contributed by atoms with Crippen LogP contribution in [-0.2, 0) is 0 Å². The van der Waals surface area contributed by atoms with Gasteiger partial charge in [0.1, 0.15) is 5.75 Å². The number of hydrogen-bond donors (Lipinski definition) is 3. The molecule has 3 aromatic rings. The lowest BCUT2D eigenvalue weighted by molar-refractivity contribution is 0.228. The van der Waals surface area contributed by atoms with E-state index in [-0.39, 0.29) is 6.61 Å². The molecular weight excluding hydrogens is 404 g/mol. The van der Waals surface area contributed by atoms with Crippen molar-refractivity contribution in [2.75, 3.05) is 43.2 Å². The molecule has 0 spiro atoms. The fourth-order valence-electron chi connectivity index (χ4n) is 2.75. The summed E-state index contributed by atoms with van der Waals surface area (Å²) in [5.41, 5.74) is 2.19. The minimum atomic E-state index is 0.0414. The third kappa shape index (κ3) is 5.17. The largest absolute Gasteiger partial charge is 0.497 e. The lowest BCUT2D eigenvalue weighted by Gasteiger charge is -2.19. The van der Waals surface area contributed by atoms with Crippen LogP contribution in [0.4, 0.5) is 17.3 Å². The fourth-order valence-corrected chi connectivity index (χ4v) is 3.18. The Bertz CT molecular complexity index is 987. The maximum atomic E-state index is 9.10. The average Bonchev–Trinajstić information content (AvgIpc) is 2.78. The van der Waals surface area contributed by atoms with Crippen LogP contribution in [0.3, 0.4) is 0 Å². The molecular formula is C21H26N4O4S. The number of nitrogens with one attached hydrogen (secondary N) is 2. The van der Waals surface area contributed by atoms with Crippen molar-refractivity contribution in [3.8, 4) is 17.2 Å². The summed E-state index contributed by atoms with van der Waals surface area (Å²) in [7, 11) is 3.16. The first-order chi connectivity index (χ1) is 14.7. The van der Waals surface area contributed by atoms with Gasteiger partial charge in [0, 0.05) is 30.9 Å². The molecule has 160 valence electrons. The summed E-state index contributed by atoms with van der Waals surface area (Å²) in [6.45, 7) is 2.44. The monoisotopic (exact) mass is 430 g/mol. The van der Waals surface area contributed by atoms with Crippen molar-refractivity contribution >= 4 is 40.3 Å². The summed E-state index contributed by atoms with van der Waals surface area (Å²) in [6, 6.07) is 11.2. The van der Waals surface area contributed by atoms with E-state index in [0.29, 0.717) is 47.6 Å². The van der Waals surface area contributed by atoms with Crippen LogP contribution in [0.25, 0.3) is 11.0 Å². The Balaban J connectivity index is 2.05. The predicted molar refractivity (Wildman–Crippen MR) is 121 cm³/mol. The van der Waals surface area contributed by atoms with Crippen LogP contribution in [0.2, 0.25) is 0 Å². The number of fused-ring (bicyclic) bond motifs is 1. The number of hydrogen-bond acceptors (Lipinski definition) is 9. The third-order valence-corrected chi connectivity index (χ3v) is 4.80. The molecule has 0 unspecified atom stereocenters. The van der Waals surface area contributed by atoms with Gasteiger partial charge in [0.15, 0.2) is 23.1 Å². The summed E-state index contributed by atoms with van der Waals surface area (Å²) in [5, 5.41) is 12.4. The van der Waals surface area contributed by atoms with E-state index in [0.717, 1.165) is 16.8 Å². The smallest absolute Gasteiger partial charge is 0.184 e. The molecule has 1 aromatic heterocycles. The van der Waals surface area contributed by atoms with Gasteiger partial charge in [-0.2, -0.15) is 0 Å². The van der Waals surface area contributed by atoms with Crippen LogP contribution in [0.5, 0.6) is 17.2 Å². The highest BCUT2D eigenvalue weighted by atomic mass is 32.2. The fraction of sp³-hybridized carbons (Fsp3) is 0.333. The van der Waals surface area contributed by atoms with E-state index in [1.165, 1.54) is 11.9 Å². The molecule has 8 nitrogen and oxygen atoms in total. The SMILES string of the molecule is CCSNc1nc2ccccc2nc1Nc1cc(OC)cc(OC)c1OCCCO. The number of para-hydroxylation sites is 2. The zero-order valence-electron chi connectivity index (χ0n) is 17.3. The first-order valence-corrected chi connectivity index (χ1v) is 10.6. The number of aromatic nitrogens is 2. The number of aliphatic hydroxyl groups is 1. The summed E-state index contributed by atoms with van der Waals surface area (Å²) < 4.78 is 20.1. The molecule has 3 N–H and O–H groups in total. The molecule has 0 amide bonds. The van der Waals surface area contributed by atoms with E-state index in [1.54, 1.807) is 20.3 Å². The second kappa shape index (κ2) is 10.7. The van der Waals surface area contributed by atoms with E-state index < -0.39 is 0 Å². The summed E-state index contributed by atoms with van der Waals surface area (Å²) in [4.78, 5) is 9.45. The Labute approximate surface area is 180 Å². The van der Waals surface area contributed by atoms with Crippen LogP contribution in [0.1, 0.15) is 13.3 Å². The molecule has 0 aliphatic heterocycles. The quantitative estimate of drug-likeness (QED) is 0.305. The van der Waals surface area contributed by atoms with Crippen molar-refractivity contribution in [1.82, 2.24) is 9.97 Å². The predicted octanol–water partition coefficient (Wildman–Crippen LogP) is 4.23. The molecule has 0 saturated carbocycles. The van der Waals surface area contributed by atoms with E-state index in [9.17, 15) is 0 Å². The normalized spacial score (nSPS) is 10.7. The van der Waals surface area contributed by atoms with Crippen molar-refractivity contribution in [1.29, 1.82) is 0 Å². The van der Waals surface area contributed by atoms with Gasteiger partial charge in [-0.15, -0.1) is 0 Å². The molecule has 2 aromatic carbocycles. The van der Waals surface area contributed by atoms with Crippen molar-refractivity contribution in [2.45, 2.75) is 13.3 Å². The van der Waals surface area contributed by atoms with Crippen molar-refractivity contribution in [2.24, 2.45) is 0 Å². The summed E-state index contributed by atoms with van der Waals surface area (Å²) in [6.07, 6.45) is 0.504. The molecule has 0 bridgehead atoms. The number of aliphatic hydroxyl groups excluding tert-OH is 1. The Morgan fingerprint density at radius 3 is 2.40 bits per heavy atom. The second-order valence-electron chi connectivity index (χ2n) is 6.20. The first kappa shape index (κ1) is 21.8. The van der Waals surface area contributed by atoms with Gasteiger partial charge < -0.3 is 29.4 Å². The van der Waals surface area contributed by atoms with Gasteiger partial charge in [-0.1, -0.05) is 31.0 Å². The first-order valence-electron chi connectivity index (χ1n) is 9.61. The Hall–Kier alpha value is -2.91. The van der Waals surface area contributed by atoms with Crippen LogP contribution in [0, 0.1) is 0 Å². The number of methoxy groups -OCH3 is 2.